The summed E-state index contributed by atoms with van der Waals surface area (Å²) in [5, 5.41) is 21.2. The first-order valence-corrected chi connectivity index (χ1v) is 8.61. The molecule has 1 aromatic heterocycles. The number of carboxylic acids is 1. The Morgan fingerprint density at radius 2 is 1.88 bits per heavy atom. The van der Waals surface area contributed by atoms with Gasteiger partial charge in [0.15, 0.2) is 0 Å². The standard InChI is InChI=1S/C17H19N3O3S/c1-17(2)12(13(17)15(22)23)14(21)18-16-20-19-11(24-16)9-8-10-6-4-3-5-7-10/h3-7,12-13H,8-9H2,1-2H3,(H,22,23)(H,18,20,21)/t12-,13+/m0/s1. The number of carbonyl (C=O) groups excluding carboxylic acids is 1. The van der Waals surface area contributed by atoms with Crippen LogP contribution < -0.4 is 5.32 Å². The van der Waals surface area contributed by atoms with Crippen LogP contribution in [0.25, 0.3) is 0 Å². The first-order valence-electron chi connectivity index (χ1n) is 7.79. The monoisotopic (exact) mass is 345 g/mol. The number of benzene rings is 1. The second-order valence-electron chi connectivity index (χ2n) is 6.59. The Hall–Kier alpha value is -2.28. The molecular formula is C17H19N3O3S. The third-order valence-electron chi connectivity index (χ3n) is 4.54. The molecule has 1 amide bonds. The number of aliphatic carboxylic acids is 1. The van der Waals surface area contributed by atoms with Crippen molar-refractivity contribution in [2.24, 2.45) is 17.3 Å². The third-order valence-corrected chi connectivity index (χ3v) is 5.44. The predicted octanol–water partition coefficient (Wildman–Crippen LogP) is 2.62. The van der Waals surface area contributed by atoms with Gasteiger partial charge in [-0.25, -0.2) is 0 Å². The molecule has 0 aliphatic heterocycles. The Labute approximate surface area is 143 Å². The summed E-state index contributed by atoms with van der Waals surface area (Å²) in [7, 11) is 0. The summed E-state index contributed by atoms with van der Waals surface area (Å²) in [5.41, 5.74) is 0.707. The van der Waals surface area contributed by atoms with Crippen molar-refractivity contribution in [3.05, 3.63) is 40.9 Å². The SMILES string of the molecule is CC1(C)[C@H](C(=O)Nc2nnc(CCc3ccccc3)s2)[C@@H]1C(=O)O. The molecule has 0 radical (unpaired) electrons. The molecule has 1 saturated carbocycles. The molecule has 1 heterocycles. The number of rotatable bonds is 6. The lowest BCUT2D eigenvalue weighted by Gasteiger charge is -2.01. The van der Waals surface area contributed by atoms with Gasteiger partial charge in [-0.15, -0.1) is 10.2 Å². The van der Waals surface area contributed by atoms with E-state index in [0.717, 1.165) is 17.8 Å². The normalized spacial score (nSPS) is 21.2. The molecule has 0 bridgehead atoms. The van der Waals surface area contributed by atoms with Gasteiger partial charge in [-0.05, 0) is 17.4 Å². The van der Waals surface area contributed by atoms with Crippen LogP contribution in [0.2, 0.25) is 0 Å². The second kappa shape index (κ2) is 6.32. The smallest absolute Gasteiger partial charge is 0.307 e. The Morgan fingerprint density at radius 1 is 1.17 bits per heavy atom. The lowest BCUT2D eigenvalue weighted by atomic mass is 10.1. The van der Waals surface area contributed by atoms with Crippen LogP contribution in [0.3, 0.4) is 0 Å². The minimum atomic E-state index is -0.930. The Bertz CT molecular complexity index is 757. The number of nitrogens with zero attached hydrogens (tertiary/aromatic N) is 2. The predicted molar refractivity (Wildman–Crippen MR) is 90.8 cm³/mol. The summed E-state index contributed by atoms with van der Waals surface area (Å²) in [5.74, 6) is -2.38. The number of anilines is 1. The summed E-state index contributed by atoms with van der Waals surface area (Å²) in [6.07, 6.45) is 1.62. The number of aryl methyl sites for hydroxylation is 2. The molecule has 2 aromatic rings. The molecule has 24 heavy (non-hydrogen) atoms. The van der Waals surface area contributed by atoms with Crippen molar-refractivity contribution < 1.29 is 14.7 Å². The van der Waals surface area contributed by atoms with Gasteiger partial charge in [0.05, 0.1) is 11.8 Å². The lowest BCUT2D eigenvalue weighted by Crippen LogP contribution is -2.17. The number of aromatic nitrogens is 2. The van der Waals surface area contributed by atoms with Gasteiger partial charge in [0.25, 0.3) is 0 Å². The van der Waals surface area contributed by atoms with Crippen molar-refractivity contribution in [3.63, 3.8) is 0 Å². The number of hydrogen-bond donors (Lipinski definition) is 2. The van der Waals surface area contributed by atoms with Crippen molar-refractivity contribution in [2.75, 3.05) is 5.32 Å². The highest BCUT2D eigenvalue weighted by atomic mass is 32.1. The molecule has 0 spiro atoms. The van der Waals surface area contributed by atoms with Crippen LogP contribution in [0.5, 0.6) is 0 Å². The van der Waals surface area contributed by atoms with Gasteiger partial charge in [-0.1, -0.05) is 55.5 Å². The maximum absolute atomic E-state index is 12.3. The third kappa shape index (κ3) is 3.31. The van der Waals surface area contributed by atoms with E-state index in [1.54, 1.807) is 13.8 Å². The Kier molecular flexibility index (Phi) is 4.36. The van der Waals surface area contributed by atoms with Gasteiger partial charge in [0.1, 0.15) is 5.01 Å². The van der Waals surface area contributed by atoms with Gasteiger partial charge in [-0.2, -0.15) is 0 Å². The van der Waals surface area contributed by atoms with E-state index in [1.165, 1.54) is 16.9 Å². The van der Waals surface area contributed by atoms with E-state index >= 15 is 0 Å². The van der Waals surface area contributed by atoms with Crippen LogP contribution in [0.4, 0.5) is 5.13 Å². The number of carboxylic acid groups (broad SMARTS) is 1. The average Bonchev–Trinajstić information content (AvgIpc) is 2.89. The van der Waals surface area contributed by atoms with E-state index < -0.39 is 23.2 Å². The van der Waals surface area contributed by atoms with Crippen molar-refractivity contribution in [1.29, 1.82) is 0 Å². The zero-order valence-corrected chi connectivity index (χ0v) is 14.3. The highest BCUT2D eigenvalue weighted by Gasteiger charge is 2.66. The molecule has 0 unspecified atom stereocenters. The van der Waals surface area contributed by atoms with Crippen LogP contribution >= 0.6 is 11.3 Å². The van der Waals surface area contributed by atoms with Gasteiger partial charge >= 0.3 is 5.97 Å². The fourth-order valence-corrected chi connectivity index (χ4v) is 3.81. The lowest BCUT2D eigenvalue weighted by molar-refractivity contribution is -0.140. The van der Waals surface area contributed by atoms with Crippen LogP contribution in [0, 0.1) is 17.3 Å². The quantitative estimate of drug-likeness (QED) is 0.839. The summed E-state index contributed by atoms with van der Waals surface area (Å²) in [6, 6.07) is 10.1. The first kappa shape index (κ1) is 16.6. The number of nitrogens with one attached hydrogen (secondary N) is 1. The Morgan fingerprint density at radius 3 is 2.50 bits per heavy atom. The second-order valence-corrected chi connectivity index (χ2v) is 7.65. The minimum Gasteiger partial charge on any atom is -0.481 e. The molecule has 1 aliphatic rings. The summed E-state index contributed by atoms with van der Waals surface area (Å²) >= 11 is 1.33. The highest BCUT2D eigenvalue weighted by Crippen LogP contribution is 2.58. The van der Waals surface area contributed by atoms with Crippen molar-refractivity contribution >= 4 is 28.3 Å². The maximum atomic E-state index is 12.3. The van der Waals surface area contributed by atoms with E-state index in [0.29, 0.717) is 5.13 Å². The largest absolute Gasteiger partial charge is 0.481 e. The van der Waals surface area contributed by atoms with Crippen molar-refractivity contribution in [2.45, 2.75) is 26.7 Å². The van der Waals surface area contributed by atoms with Gasteiger partial charge in [-0.3, -0.25) is 9.59 Å². The molecule has 0 saturated heterocycles. The van der Waals surface area contributed by atoms with Crippen LogP contribution in [-0.4, -0.2) is 27.2 Å². The Balaban J connectivity index is 1.57. The van der Waals surface area contributed by atoms with Crippen LogP contribution in [0.1, 0.15) is 24.4 Å². The molecule has 3 rings (SSSR count). The number of hydrogen-bond acceptors (Lipinski definition) is 5. The summed E-state index contributed by atoms with van der Waals surface area (Å²) in [6.45, 7) is 3.59. The van der Waals surface area contributed by atoms with E-state index in [1.807, 2.05) is 18.2 Å². The van der Waals surface area contributed by atoms with Crippen LogP contribution in [0.15, 0.2) is 30.3 Å². The fraction of sp³-hybridized carbons (Fsp3) is 0.412. The van der Waals surface area contributed by atoms with Gasteiger partial charge in [0.2, 0.25) is 11.0 Å². The fourth-order valence-electron chi connectivity index (χ4n) is 3.07. The first-order chi connectivity index (χ1) is 11.4. The molecule has 6 nitrogen and oxygen atoms in total. The van der Waals surface area contributed by atoms with Gasteiger partial charge < -0.3 is 10.4 Å². The molecule has 126 valence electrons. The zero-order valence-electron chi connectivity index (χ0n) is 13.5. The van der Waals surface area contributed by atoms with Crippen LogP contribution in [-0.2, 0) is 22.4 Å². The maximum Gasteiger partial charge on any atom is 0.307 e. The zero-order chi connectivity index (χ0) is 17.3. The number of carbonyl (C=O) groups is 2. The topological polar surface area (TPSA) is 92.2 Å². The molecule has 2 atom stereocenters. The summed E-state index contributed by atoms with van der Waals surface area (Å²) < 4.78 is 0. The molecule has 2 N–H and O–H groups in total. The van der Waals surface area contributed by atoms with Crippen molar-refractivity contribution in [3.8, 4) is 0 Å². The minimum absolute atomic E-state index is 0.293. The summed E-state index contributed by atoms with van der Waals surface area (Å²) in [4.78, 5) is 23.4. The van der Waals surface area contributed by atoms with Crippen molar-refractivity contribution in [1.82, 2.24) is 10.2 Å². The number of amides is 1. The molecule has 1 aromatic carbocycles. The van der Waals surface area contributed by atoms with Gasteiger partial charge in [0, 0.05) is 6.42 Å². The molecule has 7 heteroatoms. The average molecular weight is 345 g/mol. The highest BCUT2D eigenvalue weighted by molar-refractivity contribution is 7.15. The van der Waals surface area contributed by atoms with E-state index in [9.17, 15) is 9.59 Å². The van der Waals surface area contributed by atoms with E-state index in [2.05, 4.69) is 27.6 Å². The van der Waals surface area contributed by atoms with E-state index in [-0.39, 0.29) is 5.91 Å². The molecule has 1 aliphatic carbocycles. The van der Waals surface area contributed by atoms with E-state index in [4.69, 9.17) is 5.11 Å². The molecular weight excluding hydrogens is 326 g/mol. The molecule has 1 fully saturated rings.